The fraction of sp³-hybridized carbons (Fsp3) is 0. The van der Waals surface area contributed by atoms with E-state index in [0.717, 1.165) is 12.3 Å². The lowest BCUT2D eigenvalue weighted by atomic mass is 10.3. The average molecular weight is 206 g/mol. The van der Waals surface area contributed by atoms with Gasteiger partial charge < -0.3 is 0 Å². The van der Waals surface area contributed by atoms with Crippen molar-refractivity contribution in [3.63, 3.8) is 0 Å². The van der Waals surface area contributed by atoms with Gasteiger partial charge in [0.15, 0.2) is 6.29 Å². The van der Waals surface area contributed by atoms with Gasteiger partial charge >= 0.3 is 0 Å². The van der Waals surface area contributed by atoms with E-state index in [4.69, 9.17) is 10.7 Å². The molecule has 0 radical (unpaired) electrons. The lowest BCUT2D eigenvalue weighted by Gasteiger charge is -1.94. The van der Waals surface area contributed by atoms with Crippen molar-refractivity contribution < 1.29 is 13.2 Å². The van der Waals surface area contributed by atoms with Crippen LogP contribution in [0.15, 0.2) is 23.4 Å². The van der Waals surface area contributed by atoms with Gasteiger partial charge in [-0.1, -0.05) is 0 Å². The van der Waals surface area contributed by atoms with Crippen molar-refractivity contribution in [1.82, 2.24) is 4.98 Å². The maximum absolute atomic E-state index is 10.7. The monoisotopic (exact) mass is 205 g/mol. The van der Waals surface area contributed by atoms with E-state index in [9.17, 15) is 13.2 Å². The average Bonchev–Trinajstić information content (AvgIpc) is 2.03. The van der Waals surface area contributed by atoms with E-state index in [1.165, 1.54) is 6.20 Å². The molecule has 12 heavy (non-hydrogen) atoms. The van der Waals surface area contributed by atoms with Gasteiger partial charge in [0.05, 0.1) is 0 Å². The Kier molecular flexibility index (Phi) is 2.44. The van der Waals surface area contributed by atoms with Gasteiger partial charge in [-0.2, -0.15) is 0 Å². The summed E-state index contributed by atoms with van der Waals surface area (Å²) in [5, 5.41) is 0. The number of carbonyl (C=O) groups excluding carboxylic acids is 1. The highest BCUT2D eigenvalue weighted by atomic mass is 35.7. The van der Waals surface area contributed by atoms with Gasteiger partial charge in [0, 0.05) is 28.6 Å². The van der Waals surface area contributed by atoms with Crippen molar-refractivity contribution in [2.24, 2.45) is 0 Å². The topological polar surface area (TPSA) is 64.1 Å². The Bertz CT molecular complexity index is 401. The molecule has 64 valence electrons. The number of hydrogen-bond acceptors (Lipinski definition) is 4. The molecule has 1 aromatic rings. The number of pyridine rings is 1. The maximum atomic E-state index is 10.7. The first-order chi connectivity index (χ1) is 5.54. The van der Waals surface area contributed by atoms with Gasteiger partial charge in [-0.05, 0) is 6.07 Å². The van der Waals surface area contributed by atoms with Gasteiger partial charge in [0.1, 0.15) is 4.90 Å². The zero-order valence-electron chi connectivity index (χ0n) is 5.77. The third-order valence-corrected chi connectivity index (χ3v) is 2.47. The highest BCUT2D eigenvalue weighted by molar-refractivity contribution is 8.13. The third kappa shape index (κ3) is 2.02. The van der Waals surface area contributed by atoms with Crippen LogP contribution in [0.5, 0.6) is 0 Å². The molecular weight excluding hydrogens is 202 g/mol. The lowest BCUT2D eigenvalue weighted by molar-refractivity contribution is 0.112. The first-order valence-electron chi connectivity index (χ1n) is 2.89. The zero-order chi connectivity index (χ0) is 9.19. The summed E-state index contributed by atoms with van der Waals surface area (Å²) in [5.74, 6) is 0. The Morgan fingerprint density at radius 2 is 2.08 bits per heavy atom. The van der Waals surface area contributed by atoms with Crippen LogP contribution in [0.2, 0.25) is 0 Å². The zero-order valence-corrected chi connectivity index (χ0v) is 7.34. The summed E-state index contributed by atoms with van der Waals surface area (Å²) in [7, 11) is 1.22. The van der Waals surface area contributed by atoms with Crippen molar-refractivity contribution in [3.8, 4) is 0 Å². The summed E-state index contributed by atoms with van der Waals surface area (Å²) < 4.78 is 21.4. The van der Waals surface area contributed by atoms with Crippen molar-refractivity contribution >= 4 is 26.0 Å². The normalized spacial score (nSPS) is 11.1. The van der Waals surface area contributed by atoms with Crippen LogP contribution in [-0.2, 0) is 9.05 Å². The van der Waals surface area contributed by atoms with Gasteiger partial charge in [0.25, 0.3) is 9.05 Å². The highest BCUT2D eigenvalue weighted by Gasteiger charge is 2.10. The molecule has 6 heteroatoms. The van der Waals surface area contributed by atoms with Crippen molar-refractivity contribution in [1.29, 1.82) is 0 Å². The van der Waals surface area contributed by atoms with Gasteiger partial charge in [-0.15, -0.1) is 0 Å². The van der Waals surface area contributed by atoms with Crippen LogP contribution in [0.25, 0.3) is 0 Å². The number of rotatable bonds is 2. The quantitative estimate of drug-likeness (QED) is 0.530. The number of aldehydes is 1. The summed E-state index contributed by atoms with van der Waals surface area (Å²) in [6.45, 7) is 0. The van der Waals surface area contributed by atoms with Gasteiger partial charge in [-0.3, -0.25) is 9.78 Å². The predicted octanol–water partition coefficient (Wildman–Crippen LogP) is 0.822. The van der Waals surface area contributed by atoms with Crippen LogP contribution in [0.1, 0.15) is 10.4 Å². The molecule has 0 aromatic carbocycles. The molecule has 0 saturated heterocycles. The van der Waals surface area contributed by atoms with E-state index in [1.807, 2.05) is 0 Å². The molecule has 4 nitrogen and oxygen atoms in total. The minimum absolute atomic E-state index is 0.172. The van der Waals surface area contributed by atoms with E-state index < -0.39 is 9.05 Å². The first kappa shape index (κ1) is 9.15. The molecule has 0 atom stereocenters. The molecular formula is C6H4ClNO3S. The van der Waals surface area contributed by atoms with Crippen LogP contribution in [0.4, 0.5) is 0 Å². The fourth-order valence-corrected chi connectivity index (χ4v) is 1.35. The van der Waals surface area contributed by atoms with Crippen molar-refractivity contribution in [2.45, 2.75) is 4.90 Å². The molecule has 0 unspecified atom stereocenters. The minimum atomic E-state index is -3.78. The molecule has 1 heterocycles. The van der Waals surface area contributed by atoms with Crippen LogP contribution in [0.3, 0.4) is 0 Å². The molecule has 0 spiro atoms. The molecule has 1 aromatic heterocycles. The van der Waals surface area contributed by atoms with E-state index >= 15 is 0 Å². The largest absolute Gasteiger partial charge is 0.298 e. The van der Waals surface area contributed by atoms with E-state index in [0.29, 0.717) is 6.29 Å². The Balaban J connectivity index is 3.29. The van der Waals surface area contributed by atoms with Crippen LogP contribution in [-0.4, -0.2) is 19.7 Å². The molecule has 0 aliphatic rings. The second kappa shape index (κ2) is 3.20. The molecule has 0 fully saturated rings. The molecule has 0 saturated carbocycles. The summed E-state index contributed by atoms with van der Waals surface area (Å²) in [5.41, 5.74) is 0.178. The Morgan fingerprint density at radius 3 is 2.58 bits per heavy atom. The van der Waals surface area contributed by atoms with Crippen molar-refractivity contribution in [2.75, 3.05) is 0 Å². The Morgan fingerprint density at radius 1 is 1.42 bits per heavy atom. The first-order valence-corrected chi connectivity index (χ1v) is 5.20. The molecule has 0 bridgehead atoms. The number of carbonyl (C=O) groups is 1. The molecule has 0 aliphatic heterocycles. The highest BCUT2D eigenvalue weighted by Crippen LogP contribution is 2.13. The molecule has 0 amide bonds. The fourth-order valence-electron chi connectivity index (χ4n) is 0.633. The number of aromatic nitrogens is 1. The number of halogens is 1. The summed E-state index contributed by atoms with van der Waals surface area (Å²) in [6.07, 6.45) is 2.83. The Hall–Kier alpha value is -0.940. The summed E-state index contributed by atoms with van der Waals surface area (Å²) in [4.78, 5) is 13.6. The maximum Gasteiger partial charge on any atom is 0.262 e. The van der Waals surface area contributed by atoms with Gasteiger partial charge in [0.2, 0.25) is 0 Å². The smallest absolute Gasteiger partial charge is 0.262 e. The SMILES string of the molecule is O=Cc1cncc(S(=O)(=O)Cl)c1. The van der Waals surface area contributed by atoms with E-state index in [-0.39, 0.29) is 10.5 Å². The standard InChI is InChI=1S/C6H4ClNO3S/c7-12(10,11)6-1-5(4-9)2-8-3-6/h1-4H. The third-order valence-electron chi connectivity index (χ3n) is 1.15. The van der Waals surface area contributed by atoms with Crippen LogP contribution < -0.4 is 0 Å². The number of hydrogen-bond donors (Lipinski definition) is 0. The van der Waals surface area contributed by atoms with E-state index in [2.05, 4.69) is 4.98 Å². The minimum Gasteiger partial charge on any atom is -0.298 e. The molecule has 0 N–H and O–H groups in total. The summed E-state index contributed by atoms with van der Waals surface area (Å²) in [6, 6.07) is 1.16. The van der Waals surface area contributed by atoms with Crippen LogP contribution >= 0.6 is 10.7 Å². The van der Waals surface area contributed by atoms with Crippen LogP contribution in [0, 0.1) is 0 Å². The Labute approximate surface area is 73.6 Å². The van der Waals surface area contributed by atoms with Crippen molar-refractivity contribution in [3.05, 3.63) is 24.0 Å². The lowest BCUT2D eigenvalue weighted by Crippen LogP contribution is -1.93. The second-order valence-corrected chi connectivity index (χ2v) is 4.58. The van der Waals surface area contributed by atoms with E-state index in [1.54, 1.807) is 0 Å². The predicted molar refractivity (Wildman–Crippen MR) is 42.7 cm³/mol. The van der Waals surface area contributed by atoms with Gasteiger partial charge in [-0.25, -0.2) is 8.42 Å². The molecule has 1 rings (SSSR count). The second-order valence-electron chi connectivity index (χ2n) is 2.01. The molecule has 0 aliphatic carbocycles. The summed E-state index contributed by atoms with van der Waals surface area (Å²) >= 11 is 0. The number of nitrogens with zero attached hydrogens (tertiary/aromatic N) is 1.